The van der Waals surface area contributed by atoms with Crippen molar-refractivity contribution in [1.29, 1.82) is 0 Å². The maximum atomic E-state index is 12.6. The fourth-order valence-corrected chi connectivity index (χ4v) is 1.09. The van der Waals surface area contributed by atoms with E-state index >= 15 is 0 Å². The number of rotatable bonds is 1. The molecule has 0 aliphatic carbocycles. The van der Waals surface area contributed by atoms with E-state index in [1.165, 1.54) is 11.6 Å². The number of hydrogen-bond acceptors (Lipinski definition) is 1. The molecule has 0 atom stereocenters. The molecule has 0 fully saturated rings. The van der Waals surface area contributed by atoms with Crippen LogP contribution in [-0.2, 0) is 13.0 Å². The van der Waals surface area contributed by atoms with Crippen molar-refractivity contribution in [2.24, 2.45) is 7.05 Å². The van der Waals surface area contributed by atoms with E-state index in [1.807, 2.05) is 0 Å². The lowest BCUT2D eigenvalue weighted by Gasteiger charge is -2.09. The van der Waals surface area contributed by atoms with E-state index in [0.29, 0.717) is 4.73 Å². The Morgan fingerprint density at radius 2 is 2.18 bits per heavy atom. The van der Waals surface area contributed by atoms with Gasteiger partial charge in [0.05, 0.1) is 6.20 Å². The smallest absolute Gasteiger partial charge is 0.286 e. The van der Waals surface area contributed by atoms with Gasteiger partial charge in [-0.3, -0.25) is 0 Å². The molecule has 1 heterocycles. The molecule has 0 aliphatic heterocycles. The maximum absolute atomic E-state index is 12.6. The SMILES string of the molecule is Cn1c(C(C)(F)F)cnc1Br. The topological polar surface area (TPSA) is 17.8 Å². The van der Waals surface area contributed by atoms with Crippen LogP contribution in [0.25, 0.3) is 0 Å². The Hall–Kier alpha value is -0.450. The molecule has 0 amide bonds. The summed E-state index contributed by atoms with van der Waals surface area (Å²) < 4.78 is 27.0. The van der Waals surface area contributed by atoms with Crippen molar-refractivity contribution >= 4 is 15.9 Å². The Labute approximate surface area is 71.4 Å². The number of halogens is 3. The first kappa shape index (κ1) is 8.64. The maximum Gasteiger partial charge on any atom is 0.286 e. The summed E-state index contributed by atoms with van der Waals surface area (Å²) >= 11 is 3.03. The van der Waals surface area contributed by atoms with Crippen LogP contribution in [0.3, 0.4) is 0 Å². The van der Waals surface area contributed by atoms with Gasteiger partial charge in [0.2, 0.25) is 0 Å². The van der Waals surface area contributed by atoms with Crippen LogP contribution < -0.4 is 0 Å². The molecular weight excluding hydrogens is 218 g/mol. The molecule has 62 valence electrons. The lowest BCUT2D eigenvalue weighted by molar-refractivity contribution is 0.00968. The normalized spacial score (nSPS) is 12.1. The molecule has 1 aromatic heterocycles. The fourth-order valence-electron chi connectivity index (χ4n) is 0.795. The van der Waals surface area contributed by atoms with Crippen molar-refractivity contribution in [2.45, 2.75) is 12.8 Å². The summed E-state index contributed by atoms with van der Waals surface area (Å²) in [7, 11) is 1.53. The second-order valence-corrected chi connectivity index (χ2v) is 3.07. The summed E-state index contributed by atoms with van der Waals surface area (Å²) in [5.41, 5.74) is -0.0932. The van der Waals surface area contributed by atoms with Gasteiger partial charge in [0.25, 0.3) is 5.92 Å². The van der Waals surface area contributed by atoms with Crippen molar-refractivity contribution in [3.63, 3.8) is 0 Å². The minimum absolute atomic E-state index is 0.0932. The highest BCUT2D eigenvalue weighted by molar-refractivity contribution is 9.10. The van der Waals surface area contributed by atoms with Gasteiger partial charge in [-0.05, 0) is 15.9 Å². The molecular formula is C6H7BrF2N2. The summed E-state index contributed by atoms with van der Waals surface area (Å²) in [6.45, 7) is 0.844. The largest absolute Gasteiger partial charge is 0.321 e. The van der Waals surface area contributed by atoms with Gasteiger partial charge in [0.15, 0.2) is 4.73 Å². The predicted molar refractivity (Wildman–Crippen MR) is 40.5 cm³/mol. The van der Waals surface area contributed by atoms with E-state index in [2.05, 4.69) is 20.9 Å². The first-order valence-corrected chi connectivity index (χ1v) is 3.77. The number of alkyl halides is 2. The van der Waals surface area contributed by atoms with Gasteiger partial charge >= 0.3 is 0 Å². The Morgan fingerprint density at radius 3 is 2.36 bits per heavy atom. The van der Waals surface area contributed by atoms with Gasteiger partial charge < -0.3 is 4.57 Å². The standard InChI is InChI=1S/C6H7BrF2N2/c1-6(8,9)4-3-10-5(7)11(4)2/h3H,1-2H3. The van der Waals surface area contributed by atoms with Crippen LogP contribution in [0, 0.1) is 0 Å². The van der Waals surface area contributed by atoms with Crippen molar-refractivity contribution in [1.82, 2.24) is 9.55 Å². The molecule has 0 aromatic carbocycles. The second kappa shape index (κ2) is 2.55. The van der Waals surface area contributed by atoms with Crippen molar-refractivity contribution < 1.29 is 8.78 Å². The molecule has 0 N–H and O–H groups in total. The van der Waals surface area contributed by atoms with Crippen molar-refractivity contribution in [3.05, 3.63) is 16.6 Å². The molecule has 0 saturated carbocycles. The average Bonchev–Trinajstić information content (AvgIpc) is 2.11. The van der Waals surface area contributed by atoms with Crippen molar-refractivity contribution in [3.8, 4) is 0 Å². The zero-order valence-corrected chi connectivity index (χ0v) is 7.69. The van der Waals surface area contributed by atoms with Gasteiger partial charge in [-0.2, -0.15) is 8.78 Å². The first-order valence-electron chi connectivity index (χ1n) is 2.98. The molecule has 0 bridgehead atoms. The highest BCUT2D eigenvalue weighted by atomic mass is 79.9. The molecule has 0 spiro atoms. The molecule has 0 radical (unpaired) electrons. The molecule has 5 heteroatoms. The lowest BCUT2D eigenvalue weighted by Crippen LogP contribution is -2.12. The minimum Gasteiger partial charge on any atom is -0.321 e. The highest BCUT2D eigenvalue weighted by Gasteiger charge is 2.28. The second-order valence-electron chi connectivity index (χ2n) is 2.36. The zero-order chi connectivity index (χ0) is 8.65. The summed E-state index contributed by atoms with van der Waals surface area (Å²) in [6.07, 6.45) is 1.16. The van der Waals surface area contributed by atoms with Crippen LogP contribution in [0.1, 0.15) is 12.6 Å². The van der Waals surface area contributed by atoms with Crippen LogP contribution in [0.4, 0.5) is 8.78 Å². The predicted octanol–water partition coefficient (Wildman–Crippen LogP) is 2.29. The summed E-state index contributed by atoms with van der Waals surface area (Å²) in [5.74, 6) is -2.83. The van der Waals surface area contributed by atoms with Crippen LogP contribution in [0.2, 0.25) is 0 Å². The summed E-state index contributed by atoms with van der Waals surface area (Å²) in [5, 5.41) is 0. The number of hydrogen-bond donors (Lipinski definition) is 0. The molecule has 0 unspecified atom stereocenters. The van der Waals surface area contributed by atoms with E-state index in [4.69, 9.17) is 0 Å². The molecule has 1 rings (SSSR count). The van der Waals surface area contributed by atoms with Gasteiger partial charge in [0, 0.05) is 14.0 Å². The van der Waals surface area contributed by atoms with E-state index < -0.39 is 5.92 Å². The summed E-state index contributed by atoms with van der Waals surface area (Å²) in [6, 6.07) is 0. The summed E-state index contributed by atoms with van der Waals surface area (Å²) in [4.78, 5) is 3.68. The van der Waals surface area contributed by atoms with Gasteiger partial charge in [-0.25, -0.2) is 4.98 Å². The van der Waals surface area contributed by atoms with Gasteiger partial charge in [-0.1, -0.05) is 0 Å². The van der Waals surface area contributed by atoms with Crippen LogP contribution in [0.5, 0.6) is 0 Å². The molecule has 11 heavy (non-hydrogen) atoms. The van der Waals surface area contributed by atoms with E-state index in [9.17, 15) is 8.78 Å². The quantitative estimate of drug-likeness (QED) is 0.716. The molecule has 0 aliphatic rings. The molecule has 2 nitrogen and oxygen atoms in total. The third-order valence-corrected chi connectivity index (χ3v) is 2.12. The van der Waals surface area contributed by atoms with Crippen molar-refractivity contribution in [2.75, 3.05) is 0 Å². The zero-order valence-electron chi connectivity index (χ0n) is 6.11. The molecule has 1 aromatic rings. The van der Waals surface area contributed by atoms with Gasteiger partial charge in [0.1, 0.15) is 5.69 Å². The van der Waals surface area contributed by atoms with E-state index in [1.54, 1.807) is 0 Å². The van der Waals surface area contributed by atoms with Crippen LogP contribution in [0.15, 0.2) is 10.9 Å². The van der Waals surface area contributed by atoms with Crippen LogP contribution >= 0.6 is 15.9 Å². The number of aromatic nitrogens is 2. The third-order valence-electron chi connectivity index (χ3n) is 1.38. The van der Waals surface area contributed by atoms with Gasteiger partial charge in [-0.15, -0.1) is 0 Å². The Morgan fingerprint density at radius 1 is 1.64 bits per heavy atom. The number of imidazole rings is 1. The number of nitrogens with zero attached hydrogens (tertiary/aromatic N) is 2. The van der Waals surface area contributed by atoms with E-state index in [0.717, 1.165) is 13.1 Å². The Balaban J connectivity index is 3.15. The lowest BCUT2D eigenvalue weighted by atomic mass is 10.3. The minimum atomic E-state index is -2.83. The van der Waals surface area contributed by atoms with E-state index in [-0.39, 0.29) is 5.69 Å². The monoisotopic (exact) mass is 224 g/mol. The van der Waals surface area contributed by atoms with Crippen LogP contribution in [-0.4, -0.2) is 9.55 Å². The Kier molecular flexibility index (Phi) is 2.00. The first-order chi connectivity index (χ1) is 4.93. The third kappa shape index (κ3) is 1.58. The molecule has 0 saturated heterocycles. The highest BCUT2D eigenvalue weighted by Crippen LogP contribution is 2.27. The fraction of sp³-hybridized carbons (Fsp3) is 0.500. The Bertz CT molecular complexity index is 264. The average molecular weight is 225 g/mol.